The van der Waals surface area contributed by atoms with E-state index in [1.165, 1.54) is 7.11 Å². The van der Waals surface area contributed by atoms with Crippen LogP contribution >= 0.6 is 6.72 Å². The highest BCUT2D eigenvalue weighted by atomic mass is 32.5. The van der Waals surface area contributed by atoms with Crippen LogP contribution in [0.5, 0.6) is 0 Å². The van der Waals surface area contributed by atoms with Crippen molar-refractivity contribution in [3.63, 3.8) is 0 Å². The third kappa shape index (κ3) is 3.64. The minimum atomic E-state index is -2.37. The van der Waals surface area contributed by atoms with Crippen molar-refractivity contribution in [1.29, 1.82) is 0 Å². The molecule has 0 amide bonds. The Kier molecular flexibility index (Phi) is 5.49. The van der Waals surface area contributed by atoms with E-state index in [1.807, 2.05) is 13.8 Å². The third-order valence-electron chi connectivity index (χ3n) is 0.798. The Labute approximate surface area is 66.9 Å². The van der Waals surface area contributed by atoms with Crippen molar-refractivity contribution in [2.24, 2.45) is 0 Å². The summed E-state index contributed by atoms with van der Waals surface area (Å²) in [6, 6.07) is 0. The molecule has 5 heteroatoms. The zero-order valence-corrected chi connectivity index (χ0v) is 8.21. The Balaban J connectivity index is 3.83. The van der Waals surface area contributed by atoms with E-state index in [9.17, 15) is 0 Å². The molecule has 0 aromatic rings. The molecule has 0 spiro atoms. The molecule has 10 heavy (non-hydrogen) atoms. The van der Waals surface area contributed by atoms with Gasteiger partial charge < -0.3 is 13.6 Å². The second kappa shape index (κ2) is 5.22. The van der Waals surface area contributed by atoms with E-state index in [2.05, 4.69) is 0 Å². The quantitative estimate of drug-likeness (QED) is 0.610. The van der Waals surface area contributed by atoms with Gasteiger partial charge in [0.2, 0.25) is 0 Å². The Bertz CT molecular complexity index is 118. The maximum absolute atomic E-state index is 5.10. The van der Waals surface area contributed by atoms with E-state index in [0.717, 1.165) is 0 Å². The smallest absolute Gasteiger partial charge is 0.312 e. The highest BCUT2D eigenvalue weighted by Crippen LogP contribution is 2.48. The lowest BCUT2D eigenvalue weighted by atomic mass is 10.9. The normalized spacial score (nSPS) is 11.9. The van der Waals surface area contributed by atoms with Crippen molar-refractivity contribution in [2.75, 3.05) is 20.3 Å². The van der Waals surface area contributed by atoms with Gasteiger partial charge in [0.05, 0.1) is 13.2 Å². The summed E-state index contributed by atoms with van der Waals surface area (Å²) in [7, 11) is 1.51. The number of hydrogen-bond donors (Lipinski definition) is 0. The summed E-state index contributed by atoms with van der Waals surface area (Å²) in [5, 5.41) is 0. The fourth-order valence-electron chi connectivity index (χ4n) is 0.459. The molecular weight excluding hydrogens is 171 g/mol. The molecule has 0 aliphatic heterocycles. The van der Waals surface area contributed by atoms with Crippen LogP contribution in [-0.4, -0.2) is 20.3 Å². The Morgan fingerprint density at radius 2 is 1.60 bits per heavy atom. The lowest BCUT2D eigenvalue weighted by Gasteiger charge is -2.17. The first-order valence-electron chi connectivity index (χ1n) is 3.13. The second-order valence-corrected chi connectivity index (χ2v) is 4.58. The van der Waals surface area contributed by atoms with Crippen molar-refractivity contribution >= 4 is 18.5 Å². The molecule has 62 valence electrons. The second-order valence-electron chi connectivity index (χ2n) is 1.47. The standard InChI is InChI=1S/C5H13O3PS/c1-4-7-9(10,6-3)8-5-2/h4-5H2,1-3H3. The summed E-state index contributed by atoms with van der Waals surface area (Å²) >= 11 is 4.95. The van der Waals surface area contributed by atoms with Crippen LogP contribution in [0.25, 0.3) is 0 Å². The third-order valence-corrected chi connectivity index (χ3v) is 3.47. The molecule has 0 N–H and O–H groups in total. The Hall–Kier alpha value is 0.530. The lowest BCUT2D eigenvalue weighted by molar-refractivity contribution is 0.190. The first kappa shape index (κ1) is 10.5. The maximum Gasteiger partial charge on any atom is 0.326 e. The van der Waals surface area contributed by atoms with Gasteiger partial charge in [0.1, 0.15) is 0 Å². The summed E-state index contributed by atoms with van der Waals surface area (Å²) < 4.78 is 15.1. The van der Waals surface area contributed by atoms with Gasteiger partial charge in [0.15, 0.2) is 0 Å². The van der Waals surface area contributed by atoms with Crippen LogP contribution in [0.2, 0.25) is 0 Å². The first-order chi connectivity index (χ1) is 4.68. The monoisotopic (exact) mass is 184 g/mol. The molecule has 0 aliphatic rings. The zero-order valence-electron chi connectivity index (χ0n) is 6.49. The summed E-state index contributed by atoms with van der Waals surface area (Å²) in [5.41, 5.74) is 0. The Morgan fingerprint density at radius 1 is 1.20 bits per heavy atom. The van der Waals surface area contributed by atoms with Crippen LogP contribution in [0.15, 0.2) is 0 Å². The average molecular weight is 184 g/mol. The van der Waals surface area contributed by atoms with Crippen molar-refractivity contribution < 1.29 is 13.6 Å². The van der Waals surface area contributed by atoms with Crippen molar-refractivity contribution in [1.82, 2.24) is 0 Å². The van der Waals surface area contributed by atoms with Crippen LogP contribution in [0.1, 0.15) is 13.8 Å². The predicted molar refractivity (Wildman–Crippen MR) is 44.5 cm³/mol. The van der Waals surface area contributed by atoms with E-state index in [-0.39, 0.29) is 0 Å². The van der Waals surface area contributed by atoms with E-state index in [1.54, 1.807) is 0 Å². The molecule has 0 aromatic carbocycles. The van der Waals surface area contributed by atoms with E-state index in [0.29, 0.717) is 13.2 Å². The molecule has 0 saturated carbocycles. The minimum Gasteiger partial charge on any atom is -0.312 e. The highest BCUT2D eigenvalue weighted by molar-refractivity contribution is 8.07. The van der Waals surface area contributed by atoms with Crippen LogP contribution < -0.4 is 0 Å². The molecule has 0 heterocycles. The van der Waals surface area contributed by atoms with Crippen molar-refractivity contribution in [3.05, 3.63) is 0 Å². The largest absolute Gasteiger partial charge is 0.326 e. The van der Waals surface area contributed by atoms with Gasteiger partial charge in [-0.3, -0.25) is 0 Å². The van der Waals surface area contributed by atoms with Crippen LogP contribution in [0.3, 0.4) is 0 Å². The molecule has 0 aromatic heterocycles. The fourth-order valence-corrected chi connectivity index (χ4v) is 2.01. The van der Waals surface area contributed by atoms with Crippen LogP contribution in [0, 0.1) is 0 Å². The topological polar surface area (TPSA) is 27.7 Å². The van der Waals surface area contributed by atoms with Gasteiger partial charge in [0, 0.05) is 7.11 Å². The fraction of sp³-hybridized carbons (Fsp3) is 1.00. The van der Waals surface area contributed by atoms with Gasteiger partial charge in [-0.15, -0.1) is 0 Å². The molecule has 0 saturated heterocycles. The highest BCUT2D eigenvalue weighted by Gasteiger charge is 2.15. The number of rotatable bonds is 5. The van der Waals surface area contributed by atoms with Gasteiger partial charge in [-0.05, 0) is 25.7 Å². The average Bonchev–Trinajstić information content (AvgIpc) is 1.89. The Morgan fingerprint density at radius 3 is 1.80 bits per heavy atom. The SMILES string of the molecule is CCOP(=S)(OC)OCC. The molecule has 0 aliphatic carbocycles. The van der Waals surface area contributed by atoms with Crippen molar-refractivity contribution in [2.45, 2.75) is 13.8 Å². The zero-order chi connectivity index (χ0) is 8.04. The van der Waals surface area contributed by atoms with Gasteiger partial charge >= 0.3 is 6.72 Å². The first-order valence-corrected chi connectivity index (χ1v) is 5.69. The van der Waals surface area contributed by atoms with Crippen molar-refractivity contribution in [3.8, 4) is 0 Å². The summed E-state index contributed by atoms with van der Waals surface area (Å²) in [5.74, 6) is 0. The van der Waals surface area contributed by atoms with Gasteiger partial charge in [0.25, 0.3) is 0 Å². The molecule has 3 nitrogen and oxygen atoms in total. The van der Waals surface area contributed by atoms with E-state index >= 15 is 0 Å². The molecule has 0 atom stereocenters. The molecule has 0 unspecified atom stereocenters. The van der Waals surface area contributed by atoms with Gasteiger partial charge in [-0.1, -0.05) is 0 Å². The maximum atomic E-state index is 5.10. The lowest BCUT2D eigenvalue weighted by Crippen LogP contribution is -1.96. The predicted octanol–water partition coefficient (Wildman–Crippen LogP) is 1.93. The van der Waals surface area contributed by atoms with Crippen LogP contribution in [0.4, 0.5) is 0 Å². The van der Waals surface area contributed by atoms with Gasteiger partial charge in [-0.25, -0.2) is 0 Å². The molecule has 0 radical (unpaired) electrons. The molecule has 0 bridgehead atoms. The minimum absolute atomic E-state index is 0.533. The number of hydrogen-bond acceptors (Lipinski definition) is 4. The molecule has 0 rings (SSSR count). The summed E-state index contributed by atoms with van der Waals surface area (Å²) in [4.78, 5) is 0. The van der Waals surface area contributed by atoms with E-state index in [4.69, 9.17) is 25.4 Å². The summed E-state index contributed by atoms with van der Waals surface area (Å²) in [6.45, 7) is 2.42. The van der Waals surface area contributed by atoms with E-state index < -0.39 is 6.72 Å². The molecular formula is C5H13O3PS. The summed E-state index contributed by atoms with van der Waals surface area (Å²) in [6.07, 6.45) is 0. The van der Waals surface area contributed by atoms with Gasteiger partial charge in [-0.2, -0.15) is 0 Å². The molecule has 0 fully saturated rings. The van der Waals surface area contributed by atoms with Crippen LogP contribution in [-0.2, 0) is 25.4 Å².